The molecule has 1 unspecified atom stereocenters. The number of hydrogen-bond acceptors (Lipinski definition) is 3. The van der Waals surface area contributed by atoms with Gasteiger partial charge in [0.15, 0.2) is 5.96 Å². The molecule has 1 aliphatic rings. The number of aliphatic imine (C=N–C) groups is 1. The van der Waals surface area contributed by atoms with E-state index in [0.29, 0.717) is 19.1 Å². The van der Waals surface area contributed by atoms with Gasteiger partial charge in [0.2, 0.25) is 0 Å². The van der Waals surface area contributed by atoms with Crippen LogP contribution in [0.4, 0.5) is 0 Å². The fourth-order valence-electron chi connectivity index (χ4n) is 3.02. The van der Waals surface area contributed by atoms with Gasteiger partial charge < -0.3 is 19.7 Å². The van der Waals surface area contributed by atoms with E-state index in [4.69, 9.17) is 9.47 Å². The van der Waals surface area contributed by atoms with E-state index in [9.17, 15) is 0 Å². The number of nitrogens with one attached hydrogen (secondary N) is 1. The maximum Gasteiger partial charge on any atom is 0.193 e. The number of hydrogen-bond donors (Lipinski definition) is 1. The zero-order chi connectivity index (χ0) is 17.0. The second-order valence-electron chi connectivity index (χ2n) is 6.23. The molecule has 0 aliphatic carbocycles. The minimum absolute atomic E-state index is 0. The first-order valence-electron chi connectivity index (χ1n) is 8.89. The summed E-state index contributed by atoms with van der Waals surface area (Å²) in [4.78, 5) is 6.77. The van der Waals surface area contributed by atoms with Crippen molar-refractivity contribution in [2.24, 2.45) is 10.9 Å². The predicted molar refractivity (Wildman–Crippen MR) is 114 cm³/mol. The van der Waals surface area contributed by atoms with Crippen molar-refractivity contribution in [3.8, 4) is 0 Å². The fraction of sp³-hybridized carbons (Fsp3) is 0.632. The maximum absolute atomic E-state index is 5.66. The molecule has 1 aromatic rings. The molecule has 0 aromatic heterocycles. The standard InChI is InChI=1S/C19H31N3O2.HI/c1-20-19(21-11-6-9-17-7-4-3-5-8-17)22-12-10-18(15-22)16-24-14-13-23-2;/h3-5,7-8,18H,6,9-16H2,1-2H3,(H,20,21);1H. The van der Waals surface area contributed by atoms with Crippen molar-refractivity contribution in [3.05, 3.63) is 35.9 Å². The van der Waals surface area contributed by atoms with E-state index < -0.39 is 0 Å². The van der Waals surface area contributed by atoms with Gasteiger partial charge in [-0.25, -0.2) is 0 Å². The second-order valence-corrected chi connectivity index (χ2v) is 6.23. The summed E-state index contributed by atoms with van der Waals surface area (Å²) in [7, 11) is 3.57. The fourth-order valence-corrected chi connectivity index (χ4v) is 3.02. The minimum atomic E-state index is 0. The SMILES string of the molecule is CN=C(NCCCc1ccccc1)N1CCC(COCCOC)C1.I. The summed E-state index contributed by atoms with van der Waals surface area (Å²) in [5.41, 5.74) is 1.39. The summed E-state index contributed by atoms with van der Waals surface area (Å²) in [6, 6.07) is 10.6. The van der Waals surface area contributed by atoms with E-state index in [2.05, 4.69) is 45.5 Å². The van der Waals surface area contributed by atoms with Gasteiger partial charge in [0, 0.05) is 39.7 Å². The molecule has 0 spiro atoms. The molecule has 2 rings (SSSR count). The number of guanidine groups is 1. The zero-order valence-electron chi connectivity index (χ0n) is 15.4. The first kappa shape index (κ1) is 22.2. The maximum atomic E-state index is 5.66. The lowest BCUT2D eigenvalue weighted by Crippen LogP contribution is -2.40. The van der Waals surface area contributed by atoms with Crippen molar-refractivity contribution in [1.29, 1.82) is 0 Å². The molecule has 0 saturated carbocycles. The average Bonchev–Trinajstić information content (AvgIpc) is 3.08. The number of rotatable bonds is 9. The molecule has 1 N–H and O–H groups in total. The summed E-state index contributed by atoms with van der Waals surface area (Å²) < 4.78 is 10.7. The Bertz CT molecular complexity index is 485. The number of halogens is 1. The van der Waals surface area contributed by atoms with Crippen molar-refractivity contribution in [1.82, 2.24) is 10.2 Å². The van der Waals surface area contributed by atoms with Crippen LogP contribution < -0.4 is 5.32 Å². The van der Waals surface area contributed by atoms with E-state index in [1.807, 2.05) is 7.05 Å². The molecule has 25 heavy (non-hydrogen) atoms. The largest absolute Gasteiger partial charge is 0.382 e. The van der Waals surface area contributed by atoms with Crippen molar-refractivity contribution < 1.29 is 9.47 Å². The van der Waals surface area contributed by atoms with E-state index in [-0.39, 0.29) is 24.0 Å². The molecule has 142 valence electrons. The summed E-state index contributed by atoms with van der Waals surface area (Å²) in [5.74, 6) is 1.60. The van der Waals surface area contributed by atoms with Gasteiger partial charge in [-0.1, -0.05) is 30.3 Å². The van der Waals surface area contributed by atoms with Gasteiger partial charge in [-0.3, -0.25) is 4.99 Å². The predicted octanol–water partition coefficient (Wildman–Crippen LogP) is 2.80. The number of benzene rings is 1. The molecule has 1 fully saturated rings. The molecule has 1 saturated heterocycles. The number of nitrogens with zero attached hydrogens (tertiary/aromatic N) is 2. The number of likely N-dealkylation sites (tertiary alicyclic amines) is 1. The third-order valence-electron chi connectivity index (χ3n) is 4.35. The summed E-state index contributed by atoms with van der Waals surface area (Å²) in [6.45, 7) is 5.18. The van der Waals surface area contributed by atoms with Crippen LogP contribution in [0.25, 0.3) is 0 Å². The Morgan fingerprint density at radius 1 is 1.28 bits per heavy atom. The Labute approximate surface area is 169 Å². The highest BCUT2D eigenvalue weighted by Crippen LogP contribution is 2.16. The van der Waals surface area contributed by atoms with Gasteiger partial charge in [-0.05, 0) is 24.8 Å². The lowest BCUT2D eigenvalue weighted by molar-refractivity contribution is 0.0536. The number of methoxy groups -OCH3 is 1. The molecule has 1 atom stereocenters. The van der Waals surface area contributed by atoms with Crippen LogP contribution in [-0.4, -0.2) is 64.5 Å². The third kappa shape index (κ3) is 8.37. The molecule has 1 aliphatic heterocycles. The number of ether oxygens (including phenoxy) is 2. The summed E-state index contributed by atoms with van der Waals surface area (Å²) in [6.07, 6.45) is 3.37. The molecular weight excluding hydrogens is 429 g/mol. The molecule has 0 amide bonds. The van der Waals surface area contributed by atoms with Crippen LogP contribution in [0.5, 0.6) is 0 Å². The lowest BCUT2D eigenvalue weighted by atomic mass is 10.1. The average molecular weight is 461 g/mol. The van der Waals surface area contributed by atoms with Crippen molar-refractivity contribution >= 4 is 29.9 Å². The molecule has 5 nitrogen and oxygen atoms in total. The Kier molecular flexibility index (Phi) is 11.9. The molecule has 1 heterocycles. The third-order valence-corrected chi connectivity index (χ3v) is 4.35. The zero-order valence-corrected chi connectivity index (χ0v) is 17.8. The van der Waals surface area contributed by atoms with Crippen LogP contribution in [-0.2, 0) is 15.9 Å². The Balaban J connectivity index is 0.00000312. The molecule has 1 aromatic carbocycles. The van der Waals surface area contributed by atoms with Gasteiger partial charge in [-0.15, -0.1) is 24.0 Å². The van der Waals surface area contributed by atoms with Gasteiger partial charge >= 0.3 is 0 Å². The van der Waals surface area contributed by atoms with Gasteiger partial charge in [-0.2, -0.15) is 0 Å². The van der Waals surface area contributed by atoms with E-state index in [1.54, 1.807) is 7.11 Å². The van der Waals surface area contributed by atoms with Gasteiger partial charge in [0.25, 0.3) is 0 Å². The highest BCUT2D eigenvalue weighted by Gasteiger charge is 2.24. The monoisotopic (exact) mass is 461 g/mol. The van der Waals surface area contributed by atoms with Crippen LogP contribution >= 0.6 is 24.0 Å². The van der Waals surface area contributed by atoms with Crippen molar-refractivity contribution in [3.63, 3.8) is 0 Å². The van der Waals surface area contributed by atoms with Gasteiger partial charge in [0.1, 0.15) is 0 Å². The van der Waals surface area contributed by atoms with Crippen LogP contribution in [0.2, 0.25) is 0 Å². The smallest absolute Gasteiger partial charge is 0.193 e. The summed E-state index contributed by atoms with van der Waals surface area (Å²) >= 11 is 0. The van der Waals surface area contributed by atoms with E-state index >= 15 is 0 Å². The Morgan fingerprint density at radius 3 is 2.80 bits per heavy atom. The molecule has 6 heteroatoms. The van der Waals surface area contributed by atoms with Crippen LogP contribution in [0, 0.1) is 5.92 Å². The second kappa shape index (κ2) is 13.4. The highest BCUT2D eigenvalue weighted by atomic mass is 127. The van der Waals surface area contributed by atoms with Crippen molar-refractivity contribution in [2.75, 3.05) is 53.6 Å². The van der Waals surface area contributed by atoms with Crippen LogP contribution in [0.3, 0.4) is 0 Å². The molecule has 0 radical (unpaired) electrons. The topological polar surface area (TPSA) is 46.1 Å². The Hall–Kier alpha value is -0.860. The molecular formula is C19H32IN3O2. The van der Waals surface area contributed by atoms with Crippen LogP contribution in [0.15, 0.2) is 35.3 Å². The number of aryl methyl sites for hydroxylation is 1. The van der Waals surface area contributed by atoms with Crippen LogP contribution in [0.1, 0.15) is 18.4 Å². The first-order chi connectivity index (χ1) is 11.8. The first-order valence-corrected chi connectivity index (χ1v) is 8.89. The highest BCUT2D eigenvalue weighted by molar-refractivity contribution is 14.0. The summed E-state index contributed by atoms with van der Waals surface area (Å²) in [5, 5.41) is 3.49. The van der Waals surface area contributed by atoms with Crippen molar-refractivity contribution in [2.45, 2.75) is 19.3 Å². The Morgan fingerprint density at radius 2 is 2.08 bits per heavy atom. The van der Waals surface area contributed by atoms with Gasteiger partial charge in [0.05, 0.1) is 19.8 Å². The quantitative estimate of drug-likeness (QED) is 0.266. The van der Waals surface area contributed by atoms with E-state index in [1.165, 1.54) is 5.56 Å². The molecule has 0 bridgehead atoms. The minimum Gasteiger partial charge on any atom is -0.382 e. The normalized spacial score (nSPS) is 17.4. The lowest BCUT2D eigenvalue weighted by Gasteiger charge is -2.21. The van der Waals surface area contributed by atoms with E-state index in [0.717, 1.165) is 51.5 Å².